The summed E-state index contributed by atoms with van der Waals surface area (Å²) in [5, 5.41) is 9.79. The molecular formula is C30H47NO8. The van der Waals surface area contributed by atoms with Crippen LogP contribution in [0.25, 0.3) is 0 Å². The molecule has 0 aliphatic carbocycles. The Kier molecular flexibility index (Phi) is 12.2. The second-order valence-corrected chi connectivity index (χ2v) is 12.8. The van der Waals surface area contributed by atoms with Crippen LogP contribution in [0.3, 0.4) is 0 Å². The van der Waals surface area contributed by atoms with Gasteiger partial charge in [0.05, 0.1) is 18.8 Å². The molecule has 0 spiro atoms. The third-order valence-corrected chi connectivity index (χ3v) is 6.45. The first-order valence-corrected chi connectivity index (χ1v) is 13.5. The minimum Gasteiger partial charge on any atom is -0.480 e. The van der Waals surface area contributed by atoms with Crippen molar-refractivity contribution in [2.24, 2.45) is 28.4 Å². The number of carboxylic acid groups (broad SMARTS) is 1. The Labute approximate surface area is 232 Å². The maximum absolute atomic E-state index is 12.7. The van der Waals surface area contributed by atoms with E-state index in [2.05, 4.69) is 0 Å². The van der Waals surface area contributed by atoms with Crippen LogP contribution in [-0.2, 0) is 23.9 Å². The number of hydrogen-bond acceptors (Lipinski definition) is 8. The molecule has 5 atom stereocenters. The van der Waals surface area contributed by atoms with Gasteiger partial charge in [-0.05, 0) is 41.9 Å². The SMILES string of the molecule is CCC(C)C(=O)OC(C)C(C)C(c1ccc(OC(=O)CC(C)(C)C)c(OC(=O)CC(C)(C)C)c1)[C@H](N)C(=O)O. The highest BCUT2D eigenvalue weighted by atomic mass is 16.6. The predicted molar refractivity (Wildman–Crippen MR) is 148 cm³/mol. The third kappa shape index (κ3) is 11.4. The molecule has 0 aliphatic rings. The summed E-state index contributed by atoms with van der Waals surface area (Å²) in [4.78, 5) is 49.7. The molecule has 0 heterocycles. The van der Waals surface area contributed by atoms with E-state index in [0.717, 1.165) is 0 Å². The Bertz CT molecular complexity index is 1020. The monoisotopic (exact) mass is 549 g/mol. The van der Waals surface area contributed by atoms with E-state index in [0.29, 0.717) is 12.0 Å². The van der Waals surface area contributed by atoms with Gasteiger partial charge in [-0.15, -0.1) is 0 Å². The first-order valence-electron chi connectivity index (χ1n) is 13.5. The number of carbonyl (C=O) groups is 4. The normalized spacial score (nSPS) is 15.9. The lowest BCUT2D eigenvalue weighted by molar-refractivity contribution is -0.155. The summed E-state index contributed by atoms with van der Waals surface area (Å²) >= 11 is 0. The summed E-state index contributed by atoms with van der Waals surface area (Å²) in [5.74, 6) is -4.25. The van der Waals surface area contributed by atoms with Crippen LogP contribution in [0.4, 0.5) is 0 Å². The van der Waals surface area contributed by atoms with Gasteiger partial charge in [0.2, 0.25) is 0 Å². The summed E-state index contributed by atoms with van der Waals surface area (Å²) in [5.41, 5.74) is 5.91. The second-order valence-electron chi connectivity index (χ2n) is 12.8. The topological polar surface area (TPSA) is 142 Å². The van der Waals surface area contributed by atoms with E-state index in [-0.39, 0.29) is 47.1 Å². The van der Waals surface area contributed by atoms with Crippen molar-refractivity contribution in [1.82, 2.24) is 0 Å². The summed E-state index contributed by atoms with van der Waals surface area (Å²) in [7, 11) is 0. The molecule has 0 amide bonds. The first-order chi connectivity index (χ1) is 17.8. The molecule has 39 heavy (non-hydrogen) atoms. The maximum atomic E-state index is 12.7. The summed E-state index contributed by atoms with van der Waals surface area (Å²) < 4.78 is 16.8. The molecule has 0 saturated carbocycles. The molecule has 9 nitrogen and oxygen atoms in total. The molecule has 4 unspecified atom stereocenters. The van der Waals surface area contributed by atoms with Crippen molar-refractivity contribution >= 4 is 23.9 Å². The number of nitrogens with two attached hydrogens (primary N) is 1. The average molecular weight is 550 g/mol. The van der Waals surface area contributed by atoms with Gasteiger partial charge in [-0.2, -0.15) is 0 Å². The highest BCUT2D eigenvalue weighted by molar-refractivity contribution is 5.78. The van der Waals surface area contributed by atoms with Crippen molar-refractivity contribution in [3.63, 3.8) is 0 Å². The highest BCUT2D eigenvalue weighted by Gasteiger charge is 2.36. The lowest BCUT2D eigenvalue weighted by Gasteiger charge is -2.32. The molecule has 220 valence electrons. The van der Waals surface area contributed by atoms with Crippen LogP contribution in [0.1, 0.15) is 100.0 Å². The van der Waals surface area contributed by atoms with Crippen molar-refractivity contribution in [1.29, 1.82) is 0 Å². The number of hydrogen-bond donors (Lipinski definition) is 2. The fraction of sp³-hybridized carbons (Fsp3) is 0.667. The van der Waals surface area contributed by atoms with Crippen molar-refractivity contribution in [3.05, 3.63) is 23.8 Å². The molecule has 0 aliphatic heterocycles. The van der Waals surface area contributed by atoms with Crippen LogP contribution in [0.2, 0.25) is 0 Å². The van der Waals surface area contributed by atoms with Crippen molar-refractivity contribution in [2.45, 2.75) is 107 Å². The average Bonchev–Trinajstić information content (AvgIpc) is 2.77. The lowest BCUT2D eigenvalue weighted by atomic mass is 9.79. The minimum absolute atomic E-state index is 0.0111. The van der Waals surface area contributed by atoms with E-state index < -0.39 is 41.9 Å². The van der Waals surface area contributed by atoms with Crippen molar-refractivity contribution < 1.29 is 38.5 Å². The zero-order chi connectivity index (χ0) is 30.3. The van der Waals surface area contributed by atoms with Gasteiger partial charge in [0.25, 0.3) is 0 Å². The number of esters is 3. The molecule has 1 aromatic rings. The quantitative estimate of drug-likeness (QED) is 0.256. The number of carboxylic acids is 1. The number of rotatable bonds is 12. The highest BCUT2D eigenvalue weighted by Crippen LogP contribution is 2.38. The minimum atomic E-state index is -1.35. The number of benzene rings is 1. The molecular weight excluding hydrogens is 502 g/mol. The Hall–Kier alpha value is -2.94. The molecule has 0 saturated heterocycles. The maximum Gasteiger partial charge on any atom is 0.321 e. The van der Waals surface area contributed by atoms with Crippen molar-refractivity contribution in [2.75, 3.05) is 0 Å². The second kappa shape index (κ2) is 13.9. The summed E-state index contributed by atoms with van der Waals surface area (Å²) in [6.07, 6.45) is 0.186. The van der Waals surface area contributed by atoms with E-state index in [9.17, 15) is 24.3 Å². The molecule has 1 aromatic carbocycles. The molecule has 0 fully saturated rings. The van der Waals surface area contributed by atoms with Crippen LogP contribution < -0.4 is 15.2 Å². The molecule has 1 rings (SSSR count). The van der Waals surface area contributed by atoms with Gasteiger partial charge < -0.3 is 25.1 Å². The summed E-state index contributed by atoms with van der Waals surface area (Å²) in [6, 6.07) is 3.19. The van der Waals surface area contributed by atoms with Gasteiger partial charge in [-0.1, -0.05) is 68.4 Å². The molecule has 0 aromatic heterocycles. The molecule has 0 bridgehead atoms. The van der Waals surface area contributed by atoms with E-state index in [1.165, 1.54) is 12.1 Å². The number of carbonyl (C=O) groups excluding carboxylic acids is 3. The standard InChI is InChI=1S/C30H47NO8/c1-11-17(2)28(36)37-19(4)18(3)25(26(31)27(34)35)20-12-13-21(38-23(32)15-29(5,6)7)22(14-20)39-24(33)16-30(8,9)10/h12-14,17-19,25-26H,11,15-16,31H2,1-10H3,(H,34,35)/t17?,18?,19?,25?,26-/m0/s1. The van der Waals surface area contributed by atoms with E-state index in [1.54, 1.807) is 26.8 Å². The summed E-state index contributed by atoms with van der Waals surface area (Å²) in [6.45, 7) is 18.5. The third-order valence-electron chi connectivity index (χ3n) is 6.45. The Balaban J connectivity index is 3.51. The van der Waals surface area contributed by atoms with Gasteiger partial charge in [-0.3, -0.25) is 19.2 Å². The van der Waals surface area contributed by atoms with E-state index in [1.807, 2.05) is 48.5 Å². The molecule has 3 N–H and O–H groups in total. The first kappa shape index (κ1) is 34.1. The van der Waals surface area contributed by atoms with E-state index >= 15 is 0 Å². The van der Waals surface area contributed by atoms with Crippen LogP contribution in [0, 0.1) is 22.7 Å². The van der Waals surface area contributed by atoms with Crippen LogP contribution >= 0.6 is 0 Å². The van der Waals surface area contributed by atoms with Gasteiger partial charge in [-0.25, -0.2) is 0 Å². The number of aliphatic carboxylic acids is 1. The molecule has 9 heteroatoms. The smallest absolute Gasteiger partial charge is 0.321 e. The Morgan fingerprint density at radius 1 is 0.872 bits per heavy atom. The van der Waals surface area contributed by atoms with Gasteiger partial charge in [0, 0.05) is 11.8 Å². The fourth-order valence-electron chi connectivity index (χ4n) is 3.94. The fourth-order valence-corrected chi connectivity index (χ4v) is 3.94. The lowest BCUT2D eigenvalue weighted by Crippen LogP contribution is -2.43. The van der Waals surface area contributed by atoms with Gasteiger partial charge >= 0.3 is 23.9 Å². The van der Waals surface area contributed by atoms with Crippen LogP contribution in [-0.4, -0.2) is 41.1 Å². The van der Waals surface area contributed by atoms with Crippen molar-refractivity contribution in [3.8, 4) is 11.5 Å². The van der Waals surface area contributed by atoms with Gasteiger partial charge in [0.15, 0.2) is 11.5 Å². The Morgan fingerprint density at radius 2 is 1.36 bits per heavy atom. The van der Waals surface area contributed by atoms with Crippen LogP contribution in [0.5, 0.6) is 11.5 Å². The predicted octanol–water partition coefficient (Wildman–Crippen LogP) is 5.48. The largest absolute Gasteiger partial charge is 0.480 e. The van der Waals surface area contributed by atoms with Crippen LogP contribution in [0.15, 0.2) is 18.2 Å². The van der Waals surface area contributed by atoms with Gasteiger partial charge in [0.1, 0.15) is 12.1 Å². The number of ether oxygens (including phenoxy) is 3. The van der Waals surface area contributed by atoms with E-state index in [4.69, 9.17) is 19.9 Å². The molecule has 0 radical (unpaired) electrons. The Morgan fingerprint density at radius 3 is 1.79 bits per heavy atom. The zero-order valence-electron chi connectivity index (χ0n) is 25.1. The zero-order valence-corrected chi connectivity index (χ0v) is 25.1.